The Hall–Kier alpha value is -3.28. The van der Waals surface area contributed by atoms with Gasteiger partial charge in [-0.2, -0.15) is 0 Å². The Balaban J connectivity index is 1.83. The van der Waals surface area contributed by atoms with Crippen LogP contribution in [0.25, 0.3) is 10.9 Å². The van der Waals surface area contributed by atoms with Gasteiger partial charge in [0.1, 0.15) is 0 Å². The number of hydrogen-bond acceptors (Lipinski definition) is 4. The number of para-hydroxylation sites is 1. The van der Waals surface area contributed by atoms with E-state index in [1.54, 1.807) is 25.2 Å². The number of aromatic nitrogens is 1. The van der Waals surface area contributed by atoms with Gasteiger partial charge in [0.15, 0.2) is 11.5 Å². The van der Waals surface area contributed by atoms with Crippen LogP contribution < -0.4 is 19.9 Å². The summed E-state index contributed by atoms with van der Waals surface area (Å²) in [5.74, 6) is 1.13. The average Bonchev–Trinajstić information content (AvgIpc) is 2.72. The molecule has 0 aliphatic rings. The highest BCUT2D eigenvalue weighted by atomic mass is 16.5. The fourth-order valence-electron chi connectivity index (χ4n) is 3.25. The highest BCUT2D eigenvalue weighted by Crippen LogP contribution is 2.31. The molecule has 1 aromatic heterocycles. The second-order valence-corrected chi connectivity index (χ2v) is 6.39. The number of nitrogens with zero attached hydrogens (tertiary/aromatic N) is 1. The molecule has 0 spiro atoms. The zero-order valence-electron chi connectivity index (χ0n) is 16.3. The zero-order chi connectivity index (χ0) is 20.1. The Kier molecular flexibility index (Phi) is 5.99. The van der Waals surface area contributed by atoms with E-state index in [1.165, 1.54) is 0 Å². The number of benzene rings is 2. The summed E-state index contributed by atoms with van der Waals surface area (Å²) in [4.78, 5) is 29.7. The molecular weight excluding hydrogens is 356 g/mol. The fraction of sp³-hybridized carbons (Fsp3) is 0.273. The number of hydrogen-bond donors (Lipinski definition) is 1. The van der Waals surface area contributed by atoms with Gasteiger partial charge in [0.05, 0.1) is 19.7 Å². The van der Waals surface area contributed by atoms with Crippen molar-refractivity contribution in [1.29, 1.82) is 0 Å². The molecule has 1 N–H and O–H groups in total. The van der Waals surface area contributed by atoms with Crippen LogP contribution in [0.1, 0.15) is 18.9 Å². The van der Waals surface area contributed by atoms with E-state index >= 15 is 0 Å². The van der Waals surface area contributed by atoms with Gasteiger partial charge in [0, 0.05) is 35.7 Å². The van der Waals surface area contributed by atoms with E-state index in [4.69, 9.17) is 9.47 Å². The molecule has 146 valence electrons. The van der Waals surface area contributed by atoms with E-state index in [0.29, 0.717) is 35.5 Å². The third-order valence-corrected chi connectivity index (χ3v) is 4.72. The van der Waals surface area contributed by atoms with E-state index < -0.39 is 0 Å². The van der Waals surface area contributed by atoms with Gasteiger partial charge in [0.25, 0.3) is 5.56 Å². The maximum absolute atomic E-state index is 12.7. The van der Waals surface area contributed by atoms with E-state index in [-0.39, 0.29) is 17.9 Å². The number of rotatable bonds is 7. The van der Waals surface area contributed by atoms with Crippen molar-refractivity contribution >= 4 is 22.5 Å². The Morgan fingerprint density at radius 2 is 1.71 bits per heavy atom. The molecule has 2 aromatic carbocycles. The smallest absolute Gasteiger partial charge is 0.251 e. The number of ether oxygens (including phenoxy) is 2. The van der Waals surface area contributed by atoms with Gasteiger partial charge in [-0.15, -0.1) is 0 Å². The Morgan fingerprint density at radius 3 is 2.36 bits per heavy atom. The number of methoxy groups -OCH3 is 2. The monoisotopic (exact) mass is 380 g/mol. The van der Waals surface area contributed by atoms with Crippen molar-refractivity contribution < 1.29 is 14.3 Å². The number of carbonyl (C=O) groups is 1. The lowest BCUT2D eigenvalue weighted by molar-refractivity contribution is -0.118. The largest absolute Gasteiger partial charge is 0.493 e. The van der Waals surface area contributed by atoms with Crippen molar-refractivity contribution in [1.82, 2.24) is 4.98 Å². The molecule has 3 rings (SSSR count). The molecule has 0 saturated carbocycles. The van der Waals surface area contributed by atoms with Crippen LogP contribution in [-0.2, 0) is 11.2 Å². The van der Waals surface area contributed by atoms with Gasteiger partial charge < -0.3 is 19.4 Å². The summed E-state index contributed by atoms with van der Waals surface area (Å²) in [7, 11) is 3.12. The lowest BCUT2D eigenvalue weighted by Crippen LogP contribution is -2.31. The number of fused-ring (bicyclic) bond motifs is 1. The molecule has 0 atom stereocenters. The highest BCUT2D eigenvalue weighted by Gasteiger charge is 2.15. The summed E-state index contributed by atoms with van der Waals surface area (Å²) in [5, 5.41) is 0.829. The minimum atomic E-state index is -0.199. The number of carbonyl (C=O) groups excluding carboxylic acids is 1. The molecule has 3 aromatic rings. The second kappa shape index (κ2) is 8.61. The number of anilines is 1. The van der Waals surface area contributed by atoms with Crippen LogP contribution in [0.5, 0.6) is 11.5 Å². The van der Waals surface area contributed by atoms with Crippen molar-refractivity contribution in [3.05, 3.63) is 64.4 Å². The zero-order valence-corrected chi connectivity index (χ0v) is 16.3. The lowest BCUT2D eigenvalue weighted by Gasteiger charge is -2.21. The van der Waals surface area contributed by atoms with Gasteiger partial charge >= 0.3 is 0 Å². The van der Waals surface area contributed by atoms with Gasteiger partial charge in [-0.05, 0) is 37.6 Å². The van der Waals surface area contributed by atoms with Crippen LogP contribution in [0, 0.1) is 0 Å². The molecule has 6 nitrogen and oxygen atoms in total. The molecule has 0 saturated heterocycles. The van der Waals surface area contributed by atoms with Gasteiger partial charge in [0.2, 0.25) is 5.91 Å². The van der Waals surface area contributed by atoms with E-state index in [9.17, 15) is 9.59 Å². The first-order chi connectivity index (χ1) is 13.6. The van der Waals surface area contributed by atoms with Gasteiger partial charge in [-0.1, -0.05) is 18.2 Å². The Labute approximate surface area is 163 Å². The first kappa shape index (κ1) is 19.5. The molecule has 0 bridgehead atoms. The van der Waals surface area contributed by atoms with Gasteiger partial charge in [-0.3, -0.25) is 9.59 Å². The molecule has 0 unspecified atom stereocenters. The van der Waals surface area contributed by atoms with E-state index in [0.717, 1.165) is 11.1 Å². The number of aryl methyl sites for hydroxylation is 1. The van der Waals surface area contributed by atoms with Crippen LogP contribution in [0.4, 0.5) is 5.69 Å². The summed E-state index contributed by atoms with van der Waals surface area (Å²) in [5.41, 5.74) is 1.89. The maximum Gasteiger partial charge on any atom is 0.251 e. The van der Waals surface area contributed by atoms with Crippen LogP contribution in [0.2, 0.25) is 0 Å². The molecular formula is C22H24N2O4. The van der Waals surface area contributed by atoms with Crippen molar-refractivity contribution in [2.24, 2.45) is 0 Å². The van der Waals surface area contributed by atoms with Crippen LogP contribution in [0.3, 0.4) is 0 Å². The molecule has 1 amide bonds. The molecule has 0 aliphatic carbocycles. The minimum Gasteiger partial charge on any atom is -0.493 e. The number of nitrogens with one attached hydrogen (secondary N) is 1. The summed E-state index contributed by atoms with van der Waals surface area (Å²) >= 11 is 0. The first-order valence-corrected chi connectivity index (χ1v) is 9.20. The minimum absolute atomic E-state index is 0.0134. The summed E-state index contributed by atoms with van der Waals surface area (Å²) in [6, 6.07) is 14.9. The van der Waals surface area contributed by atoms with Crippen LogP contribution in [0.15, 0.2) is 53.3 Å². The molecule has 0 radical (unpaired) electrons. The van der Waals surface area contributed by atoms with Crippen LogP contribution >= 0.6 is 0 Å². The van der Waals surface area contributed by atoms with Crippen molar-refractivity contribution in [3.63, 3.8) is 0 Å². The number of aromatic amines is 1. The standard InChI is InChI=1S/C22H24N2O4/c1-4-24(17-8-6-5-7-9-17)21(25)11-10-15-12-16-13-19(27-2)20(28-3)14-18(16)23-22(15)26/h5-9,12-14H,4,10-11H2,1-3H3,(H,23,26). The Bertz CT molecular complexity index is 1030. The topological polar surface area (TPSA) is 71.6 Å². The third-order valence-electron chi connectivity index (χ3n) is 4.72. The maximum atomic E-state index is 12.7. The number of amides is 1. The normalized spacial score (nSPS) is 10.7. The third kappa shape index (κ3) is 4.01. The van der Waals surface area contributed by atoms with Crippen LogP contribution in [-0.4, -0.2) is 31.7 Å². The molecule has 0 fully saturated rings. The van der Waals surface area contributed by atoms with Gasteiger partial charge in [-0.25, -0.2) is 0 Å². The van der Waals surface area contributed by atoms with Crippen molar-refractivity contribution in [3.8, 4) is 11.5 Å². The molecule has 1 heterocycles. The van der Waals surface area contributed by atoms with E-state index in [2.05, 4.69) is 4.98 Å². The Morgan fingerprint density at radius 1 is 1.04 bits per heavy atom. The highest BCUT2D eigenvalue weighted by molar-refractivity contribution is 5.93. The lowest BCUT2D eigenvalue weighted by atomic mass is 10.1. The molecule has 28 heavy (non-hydrogen) atoms. The number of pyridine rings is 1. The molecule has 0 aliphatic heterocycles. The predicted molar refractivity (Wildman–Crippen MR) is 110 cm³/mol. The summed E-state index contributed by atoms with van der Waals surface area (Å²) in [6.07, 6.45) is 0.617. The molecule has 6 heteroatoms. The predicted octanol–water partition coefficient (Wildman–Crippen LogP) is 3.53. The van der Waals surface area contributed by atoms with E-state index in [1.807, 2.05) is 49.4 Å². The number of H-pyrrole nitrogens is 1. The van der Waals surface area contributed by atoms with Crippen molar-refractivity contribution in [2.45, 2.75) is 19.8 Å². The first-order valence-electron chi connectivity index (χ1n) is 9.20. The summed E-state index contributed by atoms with van der Waals surface area (Å²) in [6.45, 7) is 2.52. The summed E-state index contributed by atoms with van der Waals surface area (Å²) < 4.78 is 10.6. The van der Waals surface area contributed by atoms with Crippen molar-refractivity contribution in [2.75, 3.05) is 25.7 Å². The average molecular weight is 380 g/mol. The fourth-order valence-corrected chi connectivity index (χ4v) is 3.25. The quantitative estimate of drug-likeness (QED) is 0.681. The second-order valence-electron chi connectivity index (χ2n) is 6.39. The SMILES string of the molecule is CCN(C(=O)CCc1cc2cc(OC)c(OC)cc2[nH]c1=O)c1ccccc1.